The number of rotatable bonds is 2. The van der Waals surface area contributed by atoms with Crippen LogP contribution in [0.25, 0.3) is 0 Å². The molecular formula is C9H10FeO3. The summed E-state index contributed by atoms with van der Waals surface area (Å²) in [5.41, 5.74) is 0. The van der Waals surface area contributed by atoms with Crippen LogP contribution >= 0.6 is 0 Å². The van der Waals surface area contributed by atoms with Gasteiger partial charge in [0.25, 0.3) is 0 Å². The Bertz CT molecular complexity index is 90.9. The maximum atomic E-state index is 7.50. The van der Waals surface area contributed by atoms with Gasteiger partial charge in [-0.2, -0.15) is 0 Å². The maximum absolute atomic E-state index is 7.50. The molecule has 0 heterocycles. The second-order valence-electron chi connectivity index (χ2n) is 1.35. The first kappa shape index (κ1) is 29.3. The van der Waals surface area contributed by atoms with Crippen LogP contribution < -0.4 is 0 Å². The summed E-state index contributed by atoms with van der Waals surface area (Å²) < 4.78 is 22.5. The molecule has 0 aliphatic rings. The minimum absolute atomic E-state index is 0. The molecule has 0 saturated carbocycles. The second kappa shape index (κ2) is 60.3. The molecule has 0 rings (SSSR count). The zero-order valence-electron chi connectivity index (χ0n) is 7.44. The molecule has 0 saturated heterocycles. The van der Waals surface area contributed by atoms with Crippen LogP contribution in [-0.2, 0) is 31.0 Å². The monoisotopic (exact) mass is 222 g/mol. The van der Waals surface area contributed by atoms with Crippen molar-refractivity contribution in [3.8, 4) is 0 Å². The molecule has 0 aromatic heterocycles. The molecule has 4 heteroatoms. The number of hydrogen-bond acceptors (Lipinski definition) is 0. The van der Waals surface area contributed by atoms with Gasteiger partial charge in [0.15, 0.2) is 0 Å². The van der Waals surface area contributed by atoms with Gasteiger partial charge >= 0.3 is 33.9 Å². The van der Waals surface area contributed by atoms with Crippen LogP contribution in [0.2, 0.25) is 0 Å². The van der Waals surface area contributed by atoms with Gasteiger partial charge in [-0.1, -0.05) is 13.8 Å². The van der Waals surface area contributed by atoms with Gasteiger partial charge in [0.1, 0.15) is 0 Å². The molecule has 0 N–H and O–H groups in total. The van der Waals surface area contributed by atoms with Crippen molar-refractivity contribution in [3.05, 3.63) is 45.6 Å². The third-order valence-corrected chi connectivity index (χ3v) is 0.451. The van der Waals surface area contributed by atoms with Gasteiger partial charge in [-0.15, -0.1) is 0 Å². The Kier molecular flexibility index (Phi) is 136. The fourth-order valence-electron chi connectivity index (χ4n) is 0.285. The summed E-state index contributed by atoms with van der Waals surface area (Å²) in [6.07, 6.45) is 3.95. The van der Waals surface area contributed by atoms with E-state index in [1.54, 1.807) is 0 Å². The van der Waals surface area contributed by atoms with Crippen molar-refractivity contribution >= 4 is 0 Å². The molecule has 4 radical (unpaired) electrons. The van der Waals surface area contributed by atoms with E-state index in [1.807, 2.05) is 26.7 Å². The summed E-state index contributed by atoms with van der Waals surface area (Å²) in [7, 11) is 0. The van der Waals surface area contributed by atoms with E-state index in [9.17, 15) is 0 Å². The Morgan fingerprint density at radius 3 is 1.31 bits per heavy atom. The van der Waals surface area contributed by atoms with E-state index in [0.29, 0.717) is 0 Å². The summed E-state index contributed by atoms with van der Waals surface area (Å²) >= 11 is 0. The van der Waals surface area contributed by atoms with Gasteiger partial charge in [-0.3, -0.25) is 0 Å². The van der Waals surface area contributed by atoms with Crippen molar-refractivity contribution < 1.29 is 31.0 Å². The first-order chi connectivity index (χ1) is 5.77. The fraction of sp³-hybridized carbons (Fsp3) is 0.222. The third kappa shape index (κ3) is 148. The molecule has 13 heavy (non-hydrogen) atoms. The normalized spacial score (nSPS) is 5.08. The van der Waals surface area contributed by atoms with Crippen molar-refractivity contribution in [1.82, 2.24) is 0 Å². The summed E-state index contributed by atoms with van der Waals surface area (Å²) in [5.74, 6) is 1.11. The van der Waals surface area contributed by atoms with Gasteiger partial charge in [0, 0.05) is 17.1 Å². The molecule has 0 aromatic carbocycles. The van der Waals surface area contributed by atoms with Gasteiger partial charge in [0.05, 0.1) is 0 Å². The Morgan fingerprint density at radius 1 is 1.08 bits per heavy atom. The van der Waals surface area contributed by atoms with Crippen LogP contribution in [0.3, 0.4) is 0 Å². The van der Waals surface area contributed by atoms with Crippen LogP contribution in [0.4, 0.5) is 0 Å². The van der Waals surface area contributed by atoms with Gasteiger partial charge in [-0.25, -0.2) is 0 Å². The average Bonchev–Trinajstić information content (AvgIpc) is 2.14. The minimum Gasteiger partial charge on any atom is -0.0619 e. The van der Waals surface area contributed by atoms with E-state index in [1.165, 1.54) is 0 Å². The summed E-state index contributed by atoms with van der Waals surface area (Å²) in [4.78, 5) is 0. The predicted octanol–water partition coefficient (Wildman–Crippen LogP) is 1.73. The summed E-state index contributed by atoms with van der Waals surface area (Å²) in [5, 5.41) is 0. The van der Waals surface area contributed by atoms with Gasteiger partial charge in [0.2, 0.25) is 0 Å². The minimum atomic E-state index is 0. The molecule has 0 amide bonds. The average molecular weight is 222 g/mol. The standard InChI is InChI=1S/C6H10.3CO.Fe/c1-4-5-6(2)3;3*1-2;/h4-5H,2H2,1,3H3;;;;. The molecule has 0 aromatic rings. The quantitative estimate of drug-likeness (QED) is 0.388. The molecule has 0 unspecified atom stereocenters. The largest absolute Gasteiger partial charge is 0.0619 e. The maximum Gasteiger partial charge on any atom is 0 e. The van der Waals surface area contributed by atoms with Crippen LogP contribution in [0, 0.1) is 45.6 Å². The summed E-state index contributed by atoms with van der Waals surface area (Å²) in [6, 6.07) is 0. The van der Waals surface area contributed by atoms with Crippen molar-refractivity contribution in [3.63, 3.8) is 0 Å². The van der Waals surface area contributed by atoms with E-state index >= 15 is 0 Å². The first-order valence-electron chi connectivity index (χ1n) is 2.67. The topological polar surface area (TPSA) is 59.7 Å². The molecule has 0 aliphatic carbocycles. The van der Waals surface area contributed by atoms with E-state index in [-0.39, 0.29) is 17.1 Å². The molecular weight excluding hydrogens is 212 g/mol. The predicted molar refractivity (Wildman–Crippen MR) is 40.3 cm³/mol. The molecule has 0 aliphatic heterocycles. The Hall–Kier alpha value is -0.261. The van der Waals surface area contributed by atoms with Crippen LogP contribution in [-0.4, -0.2) is 0 Å². The smallest absolute Gasteiger partial charge is 0 e. The molecule has 72 valence electrons. The Labute approximate surface area is 90.9 Å². The van der Waals surface area contributed by atoms with E-state index in [4.69, 9.17) is 14.0 Å². The summed E-state index contributed by atoms with van der Waals surface area (Å²) in [6.45, 7) is 21.1. The van der Waals surface area contributed by atoms with Crippen LogP contribution in [0.15, 0.2) is 0 Å². The van der Waals surface area contributed by atoms with E-state index in [2.05, 4.69) is 26.9 Å². The van der Waals surface area contributed by atoms with Crippen molar-refractivity contribution in [2.75, 3.05) is 0 Å². The molecule has 0 bridgehead atoms. The molecule has 0 atom stereocenters. The first-order valence-corrected chi connectivity index (χ1v) is 2.67. The van der Waals surface area contributed by atoms with E-state index in [0.717, 1.165) is 5.92 Å². The van der Waals surface area contributed by atoms with Gasteiger partial charge < -0.3 is 0 Å². The van der Waals surface area contributed by atoms with Crippen molar-refractivity contribution in [2.45, 2.75) is 13.8 Å². The van der Waals surface area contributed by atoms with Crippen LogP contribution in [0.5, 0.6) is 0 Å². The number of hydrogen-bond donors (Lipinski definition) is 0. The Morgan fingerprint density at radius 2 is 1.31 bits per heavy atom. The Balaban J connectivity index is -0.0000000263. The molecule has 0 fully saturated rings. The molecule has 0 spiro atoms. The van der Waals surface area contributed by atoms with E-state index < -0.39 is 0 Å². The van der Waals surface area contributed by atoms with Gasteiger partial charge in [-0.05, 0) is 25.7 Å². The third-order valence-electron chi connectivity index (χ3n) is 0.451. The molecule has 3 nitrogen and oxygen atoms in total. The van der Waals surface area contributed by atoms with Crippen molar-refractivity contribution in [2.24, 2.45) is 0 Å². The van der Waals surface area contributed by atoms with Crippen LogP contribution in [0.1, 0.15) is 13.8 Å². The zero-order valence-corrected chi connectivity index (χ0v) is 8.54. The van der Waals surface area contributed by atoms with Crippen molar-refractivity contribution in [1.29, 1.82) is 0 Å². The zero-order chi connectivity index (χ0) is 11.0. The fourth-order valence-corrected chi connectivity index (χ4v) is 0.285. The second-order valence-corrected chi connectivity index (χ2v) is 1.35. The SMILES string of the molecule is [C-]#[O+].[C-]#[O+].[C-]#[O+].[CH2][C](C)[CH][CH]C.[Fe].